The number of halogens is 1. The van der Waals surface area contributed by atoms with Crippen molar-refractivity contribution in [1.82, 2.24) is 10.2 Å². The summed E-state index contributed by atoms with van der Waals surface area (Å²) in [6.07, 6.45) is 6.02. The van der Waals surface area contributed by atoms with E-state index in [9.17, 15) is 4.79 Å². The fraction of sp³-hybridized carbons (Fsp3) is 0.500. The van der Waals surface area contributed by atoms with Crippen LogP contribution in [0.2, 0.25) is 0 Å². The third-order valence-electron chi connectivity index (χ3n) is 5.00. The second-order valence-corrected chi connectivity index (χ2v) is 8.02. The molecule has 4 nitrogen and oxygen atoms in total. The van der Waals surface area contributed by atoms with E-state index in [1.54, 1.807) is 11.3 Å². The molecule has 1 atom stereocenters. The summed E-state index contributed by atoms with van der Waals surface area (Å²) >= 11 is 1.78. The molecule has 1 amide bonds. The molecule has 1 aliphatic heterocycles. The summed E-state index contributed by atoms with van der Waals surface area (Å²) in [5.41, 5.74) is 0.617. The summed E-state index contributed by atoms with van der Waals surface area (Å²) in [7, 11) is 0. The molecule has 1 aromatic heterocycles. The van der Waals surface area contributed by atoms with Crippen LogP contribution in [0.25, 0.3) is 0 Å². The molecule has 28 heavy (non-hydrogen) atoms. The SMILES string of the molecule is CCCOc1ccccc1C(=O)NCC(c1cccs1)N1CCCCCC1.Cl. The Labute approximate surface area is 178 Å². The monoisotopic (exact) mass is 422 g/mol. The van der Waals surface area contributed by atoms with Gasteiger partial charge in [-0.2, -0.15) is 0 Å². The lowest BCUT2D eigenvalue weighted by Crippen LogP contribution is -2.38. The molecular weight excluding hydrogens is 392 g/mol. The van der Waals surface area contributed by atoms with E-state index in [-0.39, 0.29) is 24.4 Å². The van der Waals surface area contributed by atoms with Crippen molar-refractivity contribution in [1.29, 1.82) is 0 Å². The van der Waals surface area contributed by atoms with Gasteiger partial charge in [0, 0.05) is 11.4 Å². The molecule has 1 N–H and O–H groups in total. The van der Waals surface area contributed by atoms with Gasteiger partial charge in [-0.3, -0.25) is 9.69 Å². The maximum Gasteiger partial charge on any atom is 0.255 e. The number of hydrogen-bond acceptors (Lipinski definition) is 4. The number of amides is 1. The van der Waals surface area contributed by atoms with Crippen molar-refractivity contribution in [3.8, 4) is 5.75 Å². The maximum atomic E-state index is 12.8. The molecule has 2 heterocycles. The number of ether oxygens (including phenoxy) is 1. The fourth-order valence-corrected chi connectivity index (χ4v) is 4.43. The lowest BCUT2D eigenvalue weighted by molar-refractivity contribution is 0.0930. The van der Waals surface area contributed by atoms with Gasteiger partial charge in [0.1, 0.15) is 5.75 Å². The first-order chi connectivity index (χ1) is 13.3. The summed E-state index contributed by atoms with van der Waals surface area (Å²) in [4.78, 5) is 16.7. The van der Waals surface area contributed by atoms with Gasteiger partial charge in [0.25, 0.3) is 5.91 Å². The minimum atomic E-state index is -0.0573. The molecule has 0 saturated carbocycles. The summed E-state index contributed by atoms with van der Waals surface area (Å²) in [5.74, 6) is 0.609. The first kappa shape index (κ1) is 22.7. The van der Waals surface area contributed by atoms with Crippen LogP contribution >= 0.6 is 23.7 Å². The quantitative estimate of drug-likeness (QED) is 0.627. The Morgan fingerprint density at radius 1 is 1.14 bits per heavy atom. The second-order valence-electron chi connectivity index (χ2n) is 7.04. The summed E-state index contributed by atoms with van der Waals surface area (Å²) in [6.45, 7) is 5.52. The Morgan fingerprint density at radius 2 is 1.89 bits per heavy atom. The summed E-state index contributed by atoms with van der Waals surface area (Å²) in [5, 5.41) is 5.29. The van der Waals surface area contributed by atoms with Crippen LogP contribution in [-0.4, -0.2) is 37.0 Å². The minimum absolute atomic E-state index is 0. The molecule has 0 spiro atoms. The van der Waals surface area contributed by atoms with Gasteiger partial charge < -0.3 is 10.1 Å². The number of nitrogens with one attached hydrogen (secondary N) is 1. The largest absolute Gasteiger partial charge is 0.493 e. The third kappa shape index (κ3) is 6.23. The second kappa shape index (κ2) is 12.1. The number of rotatable bonds is 8. The number of thiophene rings is 1. The Hall–Kier alpha value is -1.56. The Morgan fingerprint density at radius 3 is 2.57 bits per heavy atom. The van der Waals surface area contributed by atoms with Gasteiger partial charge in [-0.05, 0) is 55.9 Å². The summed E-state index contributed by atoms with van der Waals surface area (Å²) < 4.78 is 5.75. The zero-order valence-corrected chi connectivity index (χ0v) is 18.2. The summed E-state index contributed by atoms with van der Waals surface area (Å²) in [6, 6.07) is 12.0. The van der Waals surface area contributed by atoms with Crippen LogP contribution in [0.15, 0.2) is 41.8 Å². The van der Waals surface area contributed by atoms with Crippen molar-refractivity contribution >= 4 is 29.7 Å². The molecule has 0 bridgehead atoms. The lowest BCUT2D eigenvalue weighted by atomic mass is 10.1. The van der Waals surface area contributed by atoms with Gasteiger partial charge in [0.15, 0.2) is 0 Å². The Bertz CT molecular complexity index is 700. The van der Waals surface area contributed by atoms with E-state index in [1.807, 2.05) is 24.3 Å². The van der Waals surface area contributed by atoms with Crippen molar-refractivity contribution in [3.63, 3.8) is 0 Å². The predicted octanol–water partition coefficient (Wildman–Crippen LogP) is 5.31. The number of para-hydroxylation sites is 1. The highest BCUT2D eigenvalue weighted by molar-refractivity contribution is 7.10. The molecule has 0 radical (unpaired) electrons. The molecule has 3 rings (SSSR count). The molecule has 1 saturated heterocycles. The molecule has 0 aliphatic carbocycles. The number of nitrogens with zero attached hydrogens (tertiary/aromatic N) is 1. The first-order valence-corrected chi connectivity index (χ1v) is 10.9. The lowest BCUT2D eigenvalue weighted by Gasteiger charge is -2.30. The highest BCUT2D eigenvalue weighted by atomic mass is 35.5. The van der Waals surface area contributed by atoms with Crippen molar-refractivity contribution in [2.75, 3.05) is 26.2 Å². The highest BCUT2D eigenvalue weighted by Crippen LogP contribution is 2.27. The van der Waals surface area contributed by atoms with Crippen LogP contribution in [0.3, 0.4) is 0 Å². The molecule has 1 fully saturated rings. The zero-order valence-electron chi connectivity index (χ0n) is 16.6. The predicted molar refractivity (Wildman–Crippen MR) is 119 cm³/mol. The van der Waals surface area contributed by atoms with Crippen LogP contribution in [0.1, 0.15) is 60.3 Å². The molecular formula is C22H31ClN2O2S. The normalized spacial score (nSPS) is 15.9. The third-order valence-corrected chi connectivity index (χ3v) is 5.98. The Kier molecular flexibility index (Phi) is 9.82. The number of hydrogen-bond donors (Lipinski definition) is 1. The highest BCUT2D eigenvalue weighted by Gasteiger charge is 2.23. The van der Waals surface area contributed by atoms with Gasteiger partial charge in [-0.15, -0.1) is 23.7 Å². The Balaban J connectivity index is 0.00000280. The van der Waals surface area contributed by atoms with E-state index in [2.05, 4.69) is 34.7 Å². The molecule has 1 unspecified atom stereocenters. The first-order valence-electron chi connectivity index (χ1n) is 10.1. The topological polar surface area (TPSA) is 41.6 Å². The van der Waals surface area contributed by atoms with Crippen LogP contribution in [-0.2, 0) is 0 Å². The van der Waals surface area contributed by atoms with Crippen LogP contribution in [0.5, 0.6) is 5.75 Å². The molecule has 1 aliphatic rings. The van der Waals surface area contributed by atoms with Gasteiger partial charge in [-0.25, -0.2) is 0 Å². The fourth-order valence-electron chi connectivity index (χ4n) is 3.57. The van der Waals surface area contributed by atoms with Crippen LogP contribution in [0.4, 0.5) is 0 Å². The molecule has 154 valence electrons. The molecule has 2 aromatic rings. The maximum absolute atomic E-state index is 12.8. The van der Waals surface area contributed by atoms with Crippen molar-refractivity contribution in [2.45, 2.75) is 45.1 Å². The number of carbonyl (C=O) groups excluding carboxylic acids is 1. The van der Waals surface area contributed by atoms with Crippen molar-refractivity contribution in [3.05, 3.63) is 52.2 Å². The smallest absolute Gasteiger partial charge is 0.255 e. The average molecular weight is 423 g/mol. The van der Waals surface area contributed by atoms with Gasteiger partial charge in [-0.1, -0.05) is 38.0 Å². The van der Waals surface area contributed by atoms with E-state index in [0.717, 1.165) is 19.5 Å². The van der Waals surface area contributed by atoms with E-state index >= 15 is 0 Å². The van der Waals surface area contributed by atoms with E-state index < -0.39 is 0 Å². The van der Waals surface area contributed by atoms with Gasteiger partial charge >= 0.3 is 0 Å². The molecule has 6 heteroatoms. The minimum Gasteiger partial charge on any atom is -0.493 e. The van der Waals surface area contributed by atoms with Crippen LogP contribution < -0.4 is 10.1 Å². The van der Waals surface area contributed by atoms with E-state index in [0.29, 0.717) is 24.5 Å². The van der Waals surface area contributed by atoms with Crippen molar-refractivity contribution < 1.29 is 9.53 Å². The van der Waals surface area contributed by atoms with Crippen LogP contribution in [0, 0.1) is 0 Å². The number of benzene rings is 1. The van der Waals surface area contributed by atoms with Crippen molar-refractivity contribution in [2.24, 2.45) is 0 Å². The zero-order chi connectivity index (χ0) is 18.9. The van der Waals surface area contributed by atoms with Gasteiger partial charge in [0.05, 0.1) is 18.2 Å². The number of carbonyl (C=O) groups is 1. The average Bonchev–Trinajstić information content (AvgIpc) is 3.09. The van der Waals surface area contributed by atoms with Gasteiger partial charge in [0.2, 0.25) is 0 Å². The van der Waals surface area contributed by atoms with E-state index in [4.69, 9.17) is 4.74 Å². The standard InChI is InChI=1S/C22H30N2O2S.ClH/c1-2-15-26-20-11-6-5-10-18(20)22(25)23-17-19(21-12-9-16-27-21)24-13-7-3-4-8-14-24;/h5-6,9-12,16,19H,2-4,7-8,13-15,17H2,1H3,(H,23,25);1H. The number of likely N-dealkylation sites (tertiary alicyclic amines) is 1. The van der Waals surface area contributed by atoms with E-state index in [1.165, 1.54) is 30.6 Å². The molecule has 1 aromatic carbocycles.